The fraction of sp³-hybridized carbons (Fsp3) is 0.571. The van der Waals surface area contributed by atoms with E-state index in [1.54, 1.807) is 19.3 Å². The van der Waals surface area contributed by atoms with Gasteiger partial charge in [-0.2, -0.15) is 0 Å². The topological polar surface area (TPSA) is 77.1 Å². The summed E-state index contributed by atoms with van der Waals surface area (Å²) < 4.78 is 1.44. The number of amides is 1. The highest BCUT2D eigenvalue weighted by Gasteiger charge is 2.09. The lowest BCUT2D eigenvalue weighted by Crippen LogP contribution is -2.18. The minimum absolute atomic E-state index is 0.0193. The fourth-order valence-electron chi connectivity index (χ4n) is 2.01. The highest BCUT2D eigenvalue weighted by atomic mass is 16.1. The summed E-state index contributed by atoms with van der Waals surface area (Å²) >= 11 is 0. The number of aryl methyl sites for hydroxylation is 1. The van der Waals surface area contributed by atoms with Crippen LogP contribution in [0.3, 0.4) is 0 Å². The molecule has 19 heavy (non-hydrogen) atoms. The Kier molecular flexibility index (Phi) is 6.29. The molecule has 0 aromatic carbocycles. The van der Waals surface area contributed by atoms with E-state index in [-0.39, 0.29) is 11.5 Å². The summed E-state index contributed by atoms with van der Waals surface area (Å²) in [5.74, 6) is 0.491. The van der Waals surface area contributed by atoms with Gasteiger partial charge in [-0.25, -0.2) is 0 Å². The number of aromatic nitrogens is 1. The van der Waals surface area contributed by atoms with Crippen LogP contribution in [0.15, 0.2) is 23.1 Å². The van der Waals surface area contributed by atoms with Gasteiger partial charge < -0.3 is 15.6 Å². The molecule has 0 aliphatic rings. The molecule has 1 rings (SSSR count). The number of carbonyl (C=O) groups is 1. The Morgan fingerprint density at radius 2 is 2.16 bits per heavy atom. The zero-order chi connectivity index (χ0) is 14.3. The highest BCUT2D eigenvalue weighted by molar-refractivity contribution is 5.90. The summed E-state index contributed by atoms with van der Waals surface area (Å²) in [7, 11) is 1.66. The summed E-state index contributed by atoms with van der Waals surface area (Å²) in [4.78, 5) is 23.0. The van der Waals surface area contributed by atoms with Gasteiger partial charge in [-0.1, -0.05) is 13.3 Å². The molecule has 5 heteroatoms. The van der Waals surface area contributed by atoms with Crippen molar-refractivity contribution in [1.29, 1.82) is 0 Å². The fourth-order valence-corrected chi connectivity index (χ4v) is 2.01. The van der Waals surface area contributed by atoms with E-state index in [1.165, 1.54) is 10.6 Å². The maximum atomic E-state index is 11.8. The lowest BCUT2D eigenvalue weighted by atomic mass is 9.96. The van der Waals surface area contributed by atoms with Crippen molar-refractivity contribution in [3.05, 3.63) is 28.7 Å². The van der Waals surface area contributed by atoms with Crippen LogP contribution in [0, 0.1) is 5.92 Å². The predicted molar refractivity (Wildman–Crippen MR) is 77.0 cm³/mol. The Morgan fingerprint density at radius 3 is 2.74 bits per heavy atom. The van der Waals surface area contributed by atoms with Crippen LogP contribution in [0.5, 0.6) is 0 Å². The van der Waals surface area contributed by atoms with E-state index in [9.17, 15) is 9.59 Å². The van der Waals surface area contributed by atoms with E-state index in [0.717, 1.165) is 19.3 Å². The van der Waals surface area contributed by atoms with Crippen molar-refractivity contribution in [2.45, 2.75) is 32.6 Å². The third kappa shape index (κ3) is 5.26. The first-order chi connectivity index (χ1) is 9.06. The molecule has 0 saturated heterocycles. The predicted octanol–water partition coefficient (Wildman–Crippen LogP) is 1.48. The standard InChI is InChI=1S/C14H23N3O2/c1-3-11(8-9-15)4-6-13(18)16-12-5-7-14(19)17(2)10-12/h5,7,10-11H,3-4,6,8-9,15H2,1-2H3,(H,16,18). The number of nitrogens with one attached hydrogen (secondary N) is 1. The van der Waals surface area contributed by atoms with Crippen LogP contribution in [0.25, 0.3) is 0 Å². The molecule has 1 atom stereocenters. The lowest BCUT2D eigenvalue weighted by molar-refractivity contribution is -0.116. The summed E-state index contributed by atoms with van der Waals surface area (Å²) in [5, 5.41) is 2.80. The second kappa shape index (κ2) is 7.74. The van der Waals surface area contributed by atoms with Crippen molar-refractivity contribution >= 4 is 11.6 Å². The number of rotatable bonds is 7. The van der Waals surface area contributed by atoms with Gasteiger partial charge in [0.15, 0.2) is 0 Å². The molecule has 0 radical (unpaired) electrons. The van der Waals surface area contributed by atoms with E-state index in [2.05, 4.69) is 12.2 Å². The second-order valence-electron chi connectivity index (χ2n) is 4.81. The van der Waals surface area contributed by atoms with Gasteiger partial charge >= 0.3 is 0 Å². The zero-order valence-corrected chi connectivity index (χ0v) is 11.7. The minimum atomic E-state index is -0.0907. The number of hydrogen-bond acceptors (Lipinski definition) is 3. The van der Waals surface area contributed by atoms with Gasteiger partial charge in [-0.3, -0.25) is 9.59 Å². The van der Waals surface area contributed by atoms with Crippen LogP contribution < -0.4 is 16.6 Å². The molecule has 0 fully saturated rings. The average Bonchev–Trinajstić information content (AvgIpc) is 2.39. The smallest absolute Gasteiger partial charge is 0.250 e. The number of anilines is 1. The number of carbonyl (C=O) groups excluding carboxylic acids is 1. The summed E-state index contributed by atoms with van der Waals surface area (Å²) in [6, 6.07) is 3.07. The van der Waals surface area contributed by atoms with Crippen LogP contribution in [-0.4, -0.2) is 17.0 Å². The Labute approximate surface area is 113 Å². The molecule has 1 aromatic rings. The molecule has 0 aliphatic carbocycles. The van der Waals surface area contributed by atoms with Crippen molar-refractivity contribution < 1.29 is 4.79 Å². The van der Waals surface area contributed by atoms with Crippen LogP contribution in [0.4, 0.5) is 5.69 Å². The SMILES string of the molecule is CCC(CCN)CCC(=O)Nc1ccc(=O)n(C)c1. The first kappa shape index (κ1) is 15.4. The van der Waals surface area contributed by atoms with Gasteiger partial charge in [0.05, 0.1) is 5.69 Å². The van der Waals surface area contributed by atoms with Crippen LogP contribution >= 0.6 is 0 Å². The van der Waals surface area contributed by atoms with Gasteiger partial charge in [0, 0.05) is 25.7 Å². The number of nitrogens with zero attached hydrogens (tertiary/aromatic N) is 1. The Balaban J connectivity index is 2.46. The largest absolute Gasteiger partial charge is 0.330 e. The minimum Gasteiger partial charge on any atom is -0.330 e. The Morgan fingerprint density at radius 1 is 1.42 bits per heavy atom. The quantitative estimate of drug-likeness (QED) is 0.784. The van der Waals surface area contributed by atoms with Crippen LogP contribution in [-0.2, 0) is 11.8 Å². The van der Waals surface area contributed by atoms with Gasteiger partial charge in [0.1, 0.15) is 0 Å². The molecule has 1 unspecified atom stereocenters. The maximum absolute atomic E-state index is 11.8. The Bertz CT molecular complexity index is 468. The van der Waals surface area contributed by atoms with Crippen molar-refractivity contribution in [1.82, 2.24) is 4.57 Å². The van der Waals surface area contributed by atoms with Crippen molar-refractivity contribution in [2.24, 2.45) is 18.7 Å². The van der Waals surface area contributed by atoms with Gasteiger partial charge in [-0.05, 0) is 31.4 Å². The summed E-state index contributed by atoms with van der Waals surface area (Å²) in [6.07, 6.45) is 4.97. The zero-order valence-electron chi connectivity index (χ0n) is 11.7. The number of pyridine rings is 1. The van der Waals surface area contributed by atoms with Crippen LogP contribution in [0.1, 0.15) is 32.6 Å². The van der Waals surface area contributed by atoms with Gasteiger partial charge in [0.2, 0.25) is 11.5 Å². The molecule has 5 nitrogen and oxygen atoms in total. The van der Waals surface area contributed by atoms with Crippen molar-refractivity contribution in [2.75, 3.05) is 11.9 Å². The van der Waals surface area contributed by atoms with Crippen molar-refractivity contribution in [3.63, 3.8) is 0 Å². The molecular formula is C14H23N3O2. The molecule has 1 aromatic heterocycles. The normalized spacial score (nSPS) is 12.2. The first-order valence-corrected chi connectivity index (χ1v) is 6.73. The molecule has 106 valence electrons. The molecule has 0 aliphatic heterocycles. The summed E-state index contributed by atoms with van der Waals surface area (Å²) in [5.41, 5.74) is 6.09. The Hall–Kier alpha value is -1.62. The third-order valence-electron chi connectivity index (χ3n) is 3.30. The maximum Gasteiger partial charge on any atom is 0.250 e. The monoisotopic (exact) mass is 265 g/mol. The van der Waals surface area contributed by atoms with E-state index >= 15 is 0 Å². The summed E-state index contributed by atoms with van der Waals surface area (Å²) in [6.45, 7) is 2.78. The second-order valence-corrected chi connectivity index (χ2v) is 4.81. The molecule has 0 spiro atoms. The van der Waals surface area contributed by atoms with E-state index < -0.39 is 0 Å². The number of hydrogen-bond donors (Lipinski definition) is 2. The molecule has 0 bridgehead atoms. The van der Waals surface area contributed by atoms with E-state index in [0.29, 0.717) is 24.6 Å². The molecule has 3 N–H and O–H groups in total. The van der Waals surface area contributed by atoms with E-state index in [4.69, 9.17) is 5.73 Å². The lowest BCUT2D eigenvalue weighted by Gasteiger charge is -2.13. The van der Waals surface area contributed by atoms with Gasteiger partial charge in [0.25, 0.3) is 0 Å². The third-order valence-corrected chi connectivity index (χ3v) is 3.30. The van der Waals surface area contributed by atoms with Crippen molar-refractivity contribution in [3.8, 4) is 0 Å². The average molecular weight is 265 g/mol. The molecular weight excluding hydrogens is 242 g/mol. The van der Waals surface area contributed by atoms with Gasteiger partial charge in [-0.15, -0.1) is 0 Å². The highest BCUT2D eigenvalue weighted by Crippen LogP contribution is 2.15. The molecule has 1 heterocycles. The molecule has 1 amide bonds. The number of nitrogens with two attached hydrogens (primary N) is 1. The van der Waals surface area contributed by atoms with Crippen LogP contribution in [0.2, 0.25) is 0 Å². The van der Waals surface area contributed by atoms with E-state index in [1.807, 2.05) is 0 Å². The molecule has 0 saturated carbocycles. The first-order valence-electron chi connectivity index (χ1n) is 6.73.